The van der Waals surface area contributed by atoms with Crippen molar-refractivity contribution in [3.05, 3.63) is 42.0 Å². The number of amides is 2. The summed E-state index contributed by atoms with van der Waals surface area (Å²) in [6.45, 7) is 6.10. The van der Waals surface area contributed by atoms with Gasteiger partial charge in [-0.05, 0) is 50.1 Å². The molecule has 0 aliphatic rings. The van der Waals surface area contributed by atoms with Crippen LogP contribution in [0.3, 0.4) is 0 Å². The average Bonchev–Trinajstić information content (AvgIpc) is 3.32. The van der Waals surface area contributed by atoms with Crippen LogP contribution in [0, 0.1) is 0 Å². The van der Waals surface area contributed by atoms with Crippen molar-refractivity contribution in [2.45, 2.75) is 45.3 Å². The van der Waals surface area contributed by atoms with Gasteiger partial charge in [-0.15, -0.1) is 5.10 Å². The molecule has 0 bridgehead atoms. The van der Waals surface area contributed by atoms with E-state index in [2.05, 4.69) is 15.6 Å². The molecule has 1 heterocycles. The molecule has 11 heteroatoms. The molecule has 3 rings (SSSR count). The smallest absolute Gasteiger partial charge is 0.247 e. The van der Waals surface area contributed by atoms with E-state index in [0.717, 1.165) is 0 Å². The molecule has 0 aliphatic heterocycles. The number of carbonyl (C=O) groups excluding carboxylic acids is 2. The normalized spacial score (nSPS) is 12.2. The lowest BCUT2D eigenvalue weighted by molar-refractivity contribution is -0.143. The van der Waals surface area contributed by atoms with Gasteiger partial charge in [-0.2, -0.15) is 0 Å². The molecule has 1 aromatic heterocycles. The monoisotopic (exact) mass is 527 g/mol. The van der Waals surface area contributed by atoms with Gasteiger partial charge in [0.15, 0.2) is 11.5 Å². The quantitative estimate of drug-likeness (QED) is 0.361. The highest BCUT2D eigenvalue weighted by Crippen LogP contribution is 2.41. The highest BCUT2D eigenvalue weighted by molar-refractivity contribution is 5.90. The third-order valence-corrected chi connectivity index (χ3v) is 6.47. The Morgan fingerprint density at radius 2 is 1.71 bits per heavy atom. The molecule has 0 fully saturated rings. The number of benzene rings is 2. The molecule has 1 N–H and O–H groups in total. The Hall–Kier alpha value is -3.86. The minimum Gasteiger partial charge on any atom is -0.493 e. The first kappa shape index (κ1) is 28.7. The van der Waals surface area contributed by atoms with Gasteiger partial charge >= 0.3 is 0 Å². The van der Waals surface area contributed by atoms with Gasteiger partial charge in [0, 0.05) is 19.2 Å². The maximum absolute atomic E-state index is 13.9. The molecule has 0 unspecified atom stereocenters. The predicted molar refractivity (Wildman–Crippen MR) is 142 cm³/mol. The first-order valence-corrected chi connectivity index (χ1v) is 12.4. The third kappa shape index (κ3) is 6.34. The number of nitrogens with one attached hydrogen (secondary N) is 1. The van der Waals surface area contributed by atoms with Crippen LogP contribution in [-0.4, -0.2) is 78.8 Å². The van der Waals surface area contributed by atoms with Crippen LogP contribution in [0.1, 0.15) is 38.8 Å². The van der Waals surface area contributed by atoms with Crippen LogP contribution >= 0.6 is 0 Å². The predicted octanol–water partition coefficient (Wildman–Crippen LogP) is 2.98. The van der Waals surface area contributed by atoms with Crippen molar-refractivity contribution < 1.29 is 28.5 Å². The topological polar surface area (TPSA) is 117 Å². The van der Waals surface area contributed by atoms with Crippen molar-refractivity contribution >= 4 is 22.8 Å². The van der Waals surface area contributed by atoms with E-state index in [4.69, 9.17) is 18.9 Å². The Balaban J connectivity index is 2.12. The fraction of sp³-hybridized carbons (Fsp3) is 0.481. The number of rotatable bonds is 13. The molecule has 0 spiro atoms. The van der Waals surface area contributed by atoms with Crippen molar-refractivity contribution in [2.24, 2.45) is 0 Å². The fourth-order valence-electron chi connectivity index (χ4n) is 4.06. The summed E-state index contributed by atoms with van der Waals surface area (Å²) >= 11 is 0. The summed E-state index contributed by atoms with van der Waals surface area (Å²) in [5, 5.41) is 11.4. The van der Waals surface area contributed by atoms with E-state index in [-0.39, 0.29) is 31.5 Å². The van der Waals surface area contributed by atoms with Gasteiger partial charge in [0.2, 0.25) is 17.6 Å². The molecule has 38 heavy (non-hydrogen) atoms. The van der Waals surface area contributed by atoms with Gasteiger partial charge in [0.25, 0.3) is 0 Å². The number of hydrogen-bond donors (Lipinski definition) is 1. The van der Waals surface area contributed by atoms with Crippen molar-refractivity contribution in [3.8, 4) is 17.2 Å². The van der Waals surface area contributed by atoms with Crippen molar-refractivity contribution in [1.82, 2.24) is 25.2 Å². The molecule has 3 aromatic rings. The standard InChI is InChI=1S/C27H37N5O6/c1-8-27(2,3)28-26(34)24(18-15-21(36-5)25(38-7)22(16-18)37-6)31(13-14-35-4)23(33)17-32-20-12-10-9-11-19(20)29-30-32/h9-12,15-16,24H,8,13-14,17H2,1-7H3,(H,28,34)/t24-/m1/s1. The van der Waals surface area contributed by atoms with Gasteiger partial charge in [-0.25, -0.2) is 4.68 Å². The van der Waals surface area contributed by atoms with Crippen molar-refractivity contribution in [2.75, 3.05) is 41.6 Å². The van der Waals surface area contributed by atoms with Crippen molar-refractivity contribution in [1.29, 1.82) is 0 Å². The largest absolute Gasteiger partial charge is 0.493 e. The van der Waals surface area contributed by atoms with Gasteiger partial charge < -0.3 is 29.2 Å². The highest BCUT2D eigenvalue weighted by atomic mass is 16.5. The summed E-state index contributed by atoms with van der Waals surface area (Å²) in [7, 11) is 6.05. The Morgan fingerprint density at radius 3 is 2.29 bits per heavy atom. The van der Waals surface area contributed by atoms with Gasteiger partial charge in [0.05, 0.1) is 33.5 Å². The third-order valence-electron chi connectivity index (χ3n) is 6.47. The molecular formula is C27H37N5O6. The van der Waals surface area contributed by atoms with Crippen LogP contribution in [0.2, 0.25) is 0 Å². The van der Waals surface area contributed by atoms with E-state index >= 15 is 0 Å². The Kier molecular flexibility index (Phi) is 9.51. The van der Waals surface area contributed by atoms with Gasteiger partial charge in [-0.1, -0.05) is 24.3 Å². The maximum Gasteiger partial charge on any atom is 0.247 e. The average molecular weight is 528 g/mol. The molecule has 2 aromatic carbocycles. The second kappa shape index (κ2) is 12.6. The number of hydrogen-bond acceptors (Lipinski definition) is 8. The lowest BCUT2D eigenvalue weighted by Gasteiger charge is -2.35. The Labute approximate surface area is 223 Å². The summed E-state index contributed by atoms with van der Waals surface area (Å²) in [5.41, 5.74) is 1.38. The molecule has 2 amide bonds. The summed E-state index contributed by atoms with van der Waals surface area (Å²) in [6.07, 6.45) is 0.692. The summed E-state index contributed by atoms with van der Waals surface area (Å²) in [6, 6.07) is 9.72. The number of carbonyl (C=O) groups is 2. The second-order valence-electron chi connectivity index (χ2n) is 9.40. The molecule has 1 atom stereocenters. The van der Waals surface area contributed by atoms with E-state index < -0.39 is 11.6 Å². The van der Waals surface area contributed by atoms with Gasteiger partial charge in [0.1, 0.15) is 18.1 Å². The van der Waals surface area contributed by atoms with Gasteiger partial charge in [-0.3, -0.25) is 9.59 Å². The van der Waals surface area contributed by atoms with Crippen LogP contribution in [0.15, 0.2) is 36.4 Å². The van der Waals surface area contributed by atoms with Crippen LogP contribution in [0.25, 0.3) is 11.0 Å². The number of aromatic nitrogens is 3. The van der Waals surface area contributed by atoms with Crippen LogP contribution in [0.5, 0.6) is 17.2 Å². The molecule has 0 saturated carbocycles. The van der Waals surface area contributed by atoms with Crippen LogP contribution < -0.4 is 19.5 Å². The molecular weight excluding hydrogens is 490 g/mol. The molecule has 11 nitrogen and oxygen atoms in total. The number of methoxy groups -OCH3 is 4. The number of ether oxygens (including phenoxy) is 4. The number of para-hydroxylation sites is 1. The molecule has 0 radical (unpaired) electrons. The molecule has 0 saturated heterocycles. The lowest BCUT2D eigenvalue weighted by atomic mass is 9.98. The Morgan fingerprint density at radius 1 is 1.05 bits per heavy atom. The molecule has 206 valence electrons. The molecule has 0 aliphatic carbocycles. The first-order chi connectivity index (χ1) is 18.2. The number of nitrogens with zero attached hydrogens (tertiary/aromatic N) is 4. The second-order valence-corrected chi connectivity index (χ2v) is 9.40. The van der Waals surface area contributed by atoms with Crippen LogP contribution in [0.4, 0.5) is 0 Å². The van der Waals surface area contributed by atoms with E-state index in [1.165, 1.54) is 30.9 Å². The minimum absolute atomic E-state index is 0.115. The minimum atomic E-state index is -1.02. The van der Waals surface area contributed by atoms with E-state index in [0.29, 0.717) is 40.3 Å². The summed E-state index contributed by atoms with van der Waals surface area (Å²) in [4.78, 5) is 29.3. The first-order valence-electron chi connectivity index (χ1n) is 12.4. The van der Waals surface area contributed by atoms with E-state index in [1.807, 2.05) is 45.0 Å². The zero-order valence-electron chi connectivity index (χ0n) is 23.1. The van der Waals surface area contributed by atoms with Crippen LogP contribution in [-0.2, 0) is 20.9 Å². The summed E-state index contributed by atoms with van der Waals surface area (Å²) < 4.78 is 23.4. The zero-order valence-corrected chi connectivity index (χ0v) is 23.1. The maximum atomic E-state index is 13.9. The van der Waals surface area contributed by atoms with E-state index in [9.17, 15) is 9.59 Å². The van der Waals surface area contributed by atoms with Crippen molar-refractivity contribution in [3.63, 3.8) is 0 Å². The SMILES string of the molecule is CCC(C)(C)NC(=O)[C@@H](c1cc(OC)c(OC)c(OC)c1)N(CCOC)C(=O)Cn1nnc2ccccc21. The fourth-order valence-corrected chi connectivity index (χ4v) is 4.06. The number of fused-ring (bicyclic) bond motifs is 1. The summed E-state index contributed by atoms with van der Waals surface area (Å²) in [5.74, 6) is 0.446. The zero-order chi connectivity index (χ0) is 27.9. The highest BCUT2D eigenvalue weighted by Gasteiger charge is 2.35. The Bertz CT molecular complexity index is 1230. The van der Waals surface area contributed by atoms with E-state index in [1.54, 1.807) is 19.2 Å². The lowest BCUT2D eigenvalue weighted by Crippen LogP contribution is -2.51.